The van der Waals surface area contributed by atoms with Gasteiger partial charge in [-0.15, -0.1) is 0 Å². The lowest BCUT2D eigenvalue weighted by atomic mass is 10.2. The Bertz CT molecular complexity index is 1540. The van der Waals surface area contributed by atoms with Crippen molar-refractivity contribution in [2.24, 2.45) is 0 Å². The Kier molecular flexibility index (Phi) is 5.95. The summed E-state index contributed by atoms with van der Waals surface area (Å²) in [4.78, 5) is 23.7. The number of nitrogens with one attached hydrogen (secondary N) is 1. The minimum Gasteiger partial charge on any atom is -0.439 e. The number of hydrogen-bond donors (Lipinski definition) is 2. The monoisotopic (exact) mass is 484 g/mol. The number of carbonyl (C=O) groups excluding carboxylic acids is 1. The number of carbonyl (C=O) groups is 1. The third-order valence-corrected chi connectivity index (χ3v) is 5.61. The van der Waals surface area contributed by atoms with Gasteiger partial charge in [0.05, 0.1) is 11.7 Å². The number of pyridine rings is 1. The number of benzene rings is 2. The number of imidazole rings is 1. The fraction of sp³-hybridized carbons (Fsp3) is 0.160. The molecule has 0 bridgehead atoms. The maximum absolute atomic E-state index is 12.8. The van der Waals surface area contributed by atoms with Crippen LogP contribution in [0.15, 0.2) is 65.4 Å². The second-order valence-electron chi connectivity index (χ2n) is 8.21. The number of aryl methyl sites for hydroxylation is 1. The fourth-order valence-corrected chi connectivity index (χ4v) is 3.78. The molecule has 0 spiro atoms. The van der Waals surface area contributed by atoms with Gasteiger partial charge in [0.2, 0.25) is 5.88 Å². The van der Waals surface area contributed by atoms with E-state index in [-0.39, 0.29) is 11.7 Å². The Labute approximate surface area is 206 Å². The first-order valence-corrected chi connectivity index (χ1v) is 11.2. The van der Waals surface area contributed by atoms with Gasteiger partial charge < -0.3 is 25.3 Å². The van der Waals surface area contributed by atoms with E-state index in [9.17, 15) is 4.79 Å². The highest BCUT2D eigenvalue weighted by Crippen LogP contribution is 2.29. The van der Waals surface area contributed by atoms with Crippen molar-refractivity contribution in [1.29, 1.82) is 0 Å². The minimum absolute atomic E-state index is 0.160. The van der Waals surface area contributed by atoms with Gasteiger partial charge >= 0.3 is 0 Å². The van der Waals surface area contributed by atoms with Crippen LogP contribution in [0.4, 0.5) is 17.2 Å². The van der Waals surface area contributed by atoms with Gasteiger partial charge in [0, 0.05) is 43.6 Å². The maximum atomic E-state index is 12.8. The maximum Gasteiger partial charge on any atom is 0.255 e. The number of hydrogen-bond acceptors (Lipinski definition) is 9. The zero-order valence-electron chi connectivity index (χ0n) is 20.0. The van der Waals surface area contributed by atoms with E-state index in [1.807, 2.05) is 54.8 Å². The standard InChI is InChI=1S/C25H24N8O3/c1-4-33-20-13-21(27-14-19(20)29-24(33)22-23(26)31-36-30-22)35-18-7-5-6-15(12-18)25(34)28-16-8-10-17(11-9-16)32(2)3/h5-14H,4H2,1-3H3,(H2,26,31)(H,28,34). The Morgan fingerprint density at radius 3 is 2.64 bits per heavy atom. The first kappa shape index (κ1) is 22.8. The molecule has 0 aliphatic carbocycles. The zero-order chi connectivity index (χ0) is 25.2. The molecular formula is C25H24N8O3. The van der Waals surface area contributed by atoms with Crippen LogP contribution in [0.5, 0.6) is 11.6 Å². The normalized spacial score (nSPS) is 11.0. The Morgan fingerprint density at radius 2 is 1.94 bits per heavy atom. The summed E-state index contributed by atoms with van der Waals surface area (Å²) in [5.41, 5.74) is 9.87. The zero-order valence-corrected chi connectivity index (χ0v) is 20.0. The minimum atomic E-state index is -0.242. The molecule has 0 saturated heterocycles. The molecule has 5 aromatic rings. The van der Waals surface area contributed by atoms with E-state index in [1.165, 1.54) is 0 Å². The lowest BCUT2D eigenvalue weighted by molar-refractivity contribution is 0.102. The van der Waals surface area contributed by atoms with Crippen molar-refractivity contribution in [3.63, 3.8) is 0 Å². The molecule has 0 fully saturated rings. The predicted octanol–water partition coefficient (Wildman–Crippen LogP) is 4.19. The number of rotatable bonds is 7. The smallest absolute Gasteiger partial charge is 0.255 e. The first-order valence-electron chi connectivity index (χ1n) is 11.2. The van der Waals surface area contributed by atoms with Gasteiger partial charge in [-0.3, -0.25) is 4.79 Å². The topological polar surface area (TPSA) is 137 Å². The van der Waals surface area contributed by atoms with E-state index < -0.39 is 0 Å². The largest absolute Gasteiger partial charge is 0.439 e. The van der Waals surface area contributed by atoms with Crippen LogP contribution in [0.2, 0.25) is 0 Å². The molecule has 2 aromatic carbocycles. The highest BCUT2D eigenvalue weighted by atomic mass is 16.6. The van der Waals surface area contributed by atoms with Crippen LogP contribution in [0.25, 0.3) is 22.6 Å². The van der Waals surface area contributed by atoms with Crippen molar-refractivity contribution in [2.75, 3.05) is 30.0 Å². The summed E-state index contributed by atoms with van der Waals surface area (Å²) in [5, 5.41) is 10.4. The number of nitrogens with zero attached hydrogens (tertiary/aromatic N) is 6. The van der Waals surface area contributed by atoms with Crippen molar-refractivity contribution in [3.8, 4) is 23.1 Å². The fourth-order valence-electron chi connectivity index (χ4n) is 3.78. The average Bonchev–Trinajstić information content (AvgIpc) is 3.46. The average molecular weight is 485 g/mol. The summed E-state index contributed by atoms with van der Waals surface area (Å²) in [6.07, 6.45) is 1.61. The summed E-state index contributed by atoms with van der Waals surface area (Å²) in [7, 11) is 3.93. The van der Waals surface area contributed by atoms with Crippen LogP contribution in [0.3, 0.4) is 0 Å². The van der Waals surface area contributed by atoms with Crippen LogP contribution in [-0.2, 0) is 6.54 Å². The molecule has 0 atom stereocenters. The summed E-state index contributed by atoms with van der Waals surface area (Å²) in [6, 6.07) is 16.3. The quantitative estimate of drug-likeness (QED) is 0.348. The molecule has 1 amide bonds. The van der Waals surface area contributed by atoms with Gasteiger partial charge in [-0.05, 0) is 59.7 Å². The van der Waals surface area contributed by atoms with Crippen molar-refractivity contribution in [3.05, 3.63) is 66.4 Å². The highest BCUT2D eigenvalue weighted by Gasteiger charge is 2.19. The van der Waals surface area contributed by atoms with Gasteiger partial charge in [-0.1, -0.05) is 6.07 Å². The SMILES string of the molecule is CCn1c(-c2nonc2N)nc2cnc(Oc3cccc(C(=O)Nc4ccc(N(C)C)cc4)c3)cc21. The molecule has 36 heavy (non-hydrogen) atoms. The van der Waals surface area contributed by atoms with Gasteiger partial charge in [-0.2, -0.15) is 0 Å². The number of nitrogen functional groups attached to an aromatic ring is 1. The van der Waals surface area contributed by atoms with Crippen molar-refractivity contribution in [2.45, 2.75) is 13.5 Å². The number of fused-ring (bicyclic) bond motifs is 1. The van der Waals surface area contributed by atoms with E-state index in [4.69, 9.17) is 15.1 Å². The number of ether oxygens (including phenoxy) is 1. The molecule has 5 rings (SSSR count). The predicted molar refractivity (Wildman–Crippen MR) is 136 cm³/mol. The van der Waals surface area contributed by atoms with Crippen LogP contribution in [0, 0.1) is 0 Å². The molecule has 3 aromatic heterocycles. The van der Waals surface area contributed by atoms with Gasteiger partial charge in [0.15, 0.2) is 17.3 Å². The van der Waals surface area contributed by atoms with E-state index in [0.29, 0.717) is 46.5 Å². The second-order valence-corrected chi connectivity index (χ2v) is 8.21. The lowest BCUT2D eigenvalue weighted by Crippen LogP contribution is -2.12. The number of amides is 1. The van der Waals surface area contributed by atoms with Crippen LogP contribution in [-0.4, -0.2) is 44.9 Å². The third-order valence-electron chi connectivity index (χ3n) is 5.61. The molecule has 3 N–H and O–H groups in total. The number of anilines is 3. The van der Waals surface area contributed by atoms with Gasteiger partial charge in [0.25, 0.3) is 5.91 Å². The first-order chi connectivity index (χ1) is 17.4. The Hall–Kier alpha value is -4.93. The summed E-state index contributed by atoms with van der Waals surface area (Å²) < 4.78 is 12.6. The van der Waals surface area contributed by atoms with E-state index in [1.54, 1.807) is 36.5 Å². The molecule has 3 heterocycles. The van der Waals surface area contributed by atoms with Crippen molar-refractivity contribution in [1.82, 2.24) is 24.8 Å². The highest BCUT2D eigenvalue weighted by molar-refractivity contribution is 6.04. The van der Waals surface area contributed by atoms with E-state index >= 15 is 0 Å². The number of nitrogens with two attached hydrogens (primary N) is 1. The number of aromatic nitrogens is 5. The van der Waals surface area contributed by atoms with Crippen molar-refractivity contribution >= 4 is 34.1 Å². The molecule has 0 unspecified atom stereocenters. The molecular weight excluding hydrogens is 460 g/mol. The lowest BCUT2D eigenvalue weighted by Gasteiger charge is -2.13. The van der Waals surface area contributed by atoms with Crippen LogP contribution >= 0.6 is 0 Å². The second kappa shape index (κ2) is 9.37. The van der Waals surface area contributed by atoms with Gasteiger partial charge in [0.1, 0.15) is 11.3 Å². The molecule has 182 valence electrons. The van der Waals surface area contributed by atoms with E-state index in [2.05, 4.69) is 25.6 Å². The molecule has 0 aliphatic heterocycles. The summed E-state index contributed by atoms with van der Waals surface area (Å²) in [5.74, 6) is 1.28. The summed E-state index contributed by atoms with van der Waals surface area (Å²) >= 11 is 0. The molecule has 0 aliphatic rings. The summed E-state index contributed by atoms with van der Waals surface area (Å²) in [6.45, 7) is 2.58. The molecule has 0 saturated carbocycles. The van der Waals surface area contributed by atoms with Crippen molar-refractivity contribution < 1.29 is 14.2 Å². The van der Waals surface area contributed by atoms with Crippen LogP contribution in [0.1, 0.15) is 17.3 Å². The van der Waals surface area contributed by atoms with E-state index in [0.717, 1.165) is 11.2 Å². The molecule has 11 heteroatoms. The third kappa shape index (κ3) is 4.41. The Balaban J connectivity index is 1.37. The van der Waals surface area contributed by atoms with Gasteiger partial charge in [-0.25, -0.2) is 14.6 Å². The Morgan fingerprint density at radius 1 is 1.14 bits per heavy atom. The molecule has 11 nitrogen and oxygen atoms in total. The van der Waals surface area contributed by atoms with Crippen LogP contribution < -0.4 is 20.7 Å². The molecule has 0 radical (unpaired) electrons.